The average Bonchev–Trinajstić information content (AvgIpc) is 3.17. The van der Waals surface area contributed by atoms with Crippen LogP contribution in [0.15, 0.2) is 12.1 Å². The summed E-state index contributed by atoms with van der Waals surface area (Å²) in [4.78, 5) is 36.8. The van der Waals surface area contributed by atoms with Crippen LogP contribution in [0.5, 0.6) is 11.5 Å². The number of fused-ring (bicyclic) bond motifs is 1. The van der Waals surface area contributed by atoms with E-state index < -0.39 is 29.9 Å². The number of hydrogen-bond acceptors (Lipinski definition) is 8. The summed E-state index contributed by atoms with van der Waals surface area (Å²) in [6.45, 7) is -0.295. The van der Waals surface area contributed by atoms with E-state index in [-0.39, 0.29) is 46.8 Å². The molecule has 0 spiro atoms. The van der Waals surface area contributed by atoms with E-state index in [4.69, 9.17) is 4.74 Å². The lowest BCUT2D eigenvalue weighted by molar-refractivity contribution is -0.141. The van der Waals surface area contributed by atoms with E-state index in [1.807, 2.05) is 0 Å². The molecule has 0 bridgehead atoms. The van der Waals surface area contributed by atoms with Crippen molar-refractivity contribution in [1.82, 2.24) is 10.6 Å². The van der Waals surface area contributed by atoms with Gasteiger partial charge in [0.2, 0.25) is 5.91 Å². The van der Waals surface area contributed by atoms with Crippen LogP contribution in [0.3, 0.4) is 0 Å². The Labute approximate surface area is 171 Å². The number of carboxylic acids is 1. The van der Waals surface area contributed by atoms with E-state index in [0.717, 1.165) is 43.5 Å². The summed E-state index contributed by atoms with van der Waals surface area (Å²) in [5.41, 5.74) is 0.233. The summed E-state index contributed by atoms with van der Waals surface area (Å²) in [5, 5.41) is 35.0. The smallest absolute Gasteiger partial charge is 0.338 e. The minimum absolute atomic E-state index is 0.0116. The molecule has 1 aliphatic heterocycles. The number of aliphatic carboxylic acids is 1. The third-order valence-electron chi connectivity index (χ3n) is 5.07. The van der Waals surface area contributed by atoms with E-state index >= 15 is 0 Å². The van der Waals surface area contributed by atoms with Crippen LogP contribution in [0, 0.1) is 0 Å². The van der Waals surface area contributed by atoms with Crippen molar-refractivity contribution >= 4 is 29.6 Å². The topological polar surface area (TPSA) is 145 Å². The molecular weight excluding hydrogens is 400 g/mol. The molecule has 1 saturated carbocycles. The first-order valence-corrected chi connectivity index (χ1v) is 10.6. The maximum absolute atomic E-state index is 12.7. The molecule has 1 aliphatic carbocycles. The summed E-state index contributed by atoms with van der Waals surface area (Å²) >= 11 is 1.14. The number of carboxylic acid groups (broad SMARTS) is 1. The zero-order valence-corrected chi connectivity index (χ0v) is 16.5. The standard InChI is InChI=1S/C19H24N2O7S/c22-11-5-12-13(16(23)6-11)8-29-9-15(18(25)26)21-17(24)14(7-28-19(12)27)20-10-3-1-2-4-10/h5-6,10,14-15,20,22-23H,1-4,7-9H2,(H,21,24)(H,25,26)/t14-,15-/m0/s1. The molecule has 158 valence electrons. The molecule has 10 heteroatoms. The summed E-state index contributed by atoms with van der Waals surface area (Å²) in [6, 6.07) is 0.369. The third kappa shape index (κ3) is 5.33. The number of ether oxygens (including phenoxy) is 1. The SMILES string of the molecule is O=C1OC[C@H](NC2CCCC2)C(=O)N[C@H](C(=O)O)CSCc2c(O)cc(O)cc21. The maximum Gasteiger partial charge on any atom is 0.338 e. The normalized spacial score (nSPS) is 24.0. The predicted octanol–water partition coefficient (Wildman–Crippen LogP) is 0.972. The van der Waals surface area contributed by atoms with Crippen LogP contribution in [0.4, 0.5) is 0 Å². The first-order valence-electron chi connectivity index (χ1n) is 9.44. The molecule has 9 nitrogen and oxygen atoms in total. The number of thioether (sulfide) groups is 1. The number of cyclic esters (lactones) is 1. The highest BCUT2D eigenvalue weighted by atomic mass is 32.2. The van der Waals surface area contributed by atoms with Gasteiger partial charge in [0.25, 0.3) is 0 Å². The van der Waals surface area contributed by atoms with Crippen LogP contribution in [0.25, 0.3) is 0 Å². The third-order valence-corrected chi connectivity index (χ3v) is 6.13. The number of nitrogens with one attached hydrogen (secondary N) is 2. The number of phenols is 2. The fraction of sp³-hybridized carbons (Fsp3) is 0.526. The molecule has 1 heterocycles. The second-order valence-corrected chi connectivity index (χ2v) is 8.23. The van der Waals surface area contributed by atoms with Crippen molar-refractivity contribution in [1.29, 1.82) is 0 Å². The van der Waals surface area contributed by atoms with E-state index in [9.17, 15) is 29.7 Å². The molecule has 1 aromatic rings. The molecule has 0 radical (unpaired) electrons. The van der Waals surface area contributed by atoms with Gasteiger partial charge in [-0.25, -0.2) is 9.59 Å². The van der Waals surface area contributed by atoms with E-state index in [1.165, 1.54) is 6.07 Å². The second-order valence-electron chi connectivity index (χ2n) is 7.20. The van der Waals surface area contributed by atoms with Crippen molar-refractivity contribution in [3.63, 3.8) is 0 Å². The highest BCUT2D eigenvalue weighted by Gasteiger charge is 2.30. The number of rotatable bonds is 3. The Morgan fingerprint density at radius 3 is 2.62 bits per heavy atom. The fourth-order valence-electron chi connectivity index (χ4n) is 3.51. The first-order chi connectivity index (χ1) is 13.8. The number of phenolic OH excluding ortho intramolecular Hbond substituents is 2. The van der Waals surface area contributed by atoms with E-state index in [0.29, 0.717) is 0 Å². The lowest BCUT2D eigenvalue weighted by Gasteiger charge is -2.25. The van der Waals surface area contributed by atoms with Gasteiger partial charge in [0.15, 0.2) is 0 Å². The first kappa shape index (κ1) is 21.3. The van der Waals surface area contributed by atoms with Gasteiger partial charge < -0.3 is 30.7 Å². The average molecular weight is 424 g/mol. The molecule has 2 atom stereocenters. The monoisotopic (exact) mass is 424 g/mol. The van der Waals surface area contributed by atoms with Gasteiger partial charge in [0, 0.05) is 29.2 Å². The molecule has 0 aromatic heterocycles. The van der Waals surface area contributed by atoms with Crippen molar-refractivity contribution in [2.24, 2.45) is 0 Å². The van der Waals surface area contributed by atoms with Crippen LogP contribution < -0.4 is 10.6 Å². The molecule has 1 fully saturated rings. The van der Waals surface area contributed by atoms with E-state index in [1.54, 1.807) is 0 Å². The zero-order valence-electron chi connectivity index (χ0n) is 15.7. The minimum atomic E-state index is -1.17. The Kier molecular flexibility index (Phi) is 6.86. The van der Waals surface area contributed by atoms with Gasteiger partial charge in [-0.2, -0.15) is 11.8 Å². The molecule has 29 heavy (non-hydrogen) atoms. The number of benzene rings is 1. The van der Waals surface area contributed by atoms with Gasteiger partial charge in [-0.05, 0) is 18.9 Å². The summed E-state index contributed by atoms with van der Waals surface area (Å²) in [5.74, 6) is -2.90. The second kappa shape index (κ2) is 9.36. The lowest BCUT2D eigenvalue weighted by atomic mass is 10.1. The molecule has 5 N–H and O–H groups in total. The number of amides is 1. The van der Waals surface area contributed by atoms with Crippen LogP contribution in [0.1, 0.15) is 41.6 Å². The Morgan fingerprint density at radius 2 is 1.93 bits per heavy atom. The molecule has 1 amide bonds. The van der Waals surface area contributed by atoms with Gasteiger partial charge >= 0.3 is 11.9 Å². The maximum atomic E-state index is 12.7. The van der Waals surface area contributed by atoms with Crippen molar-refractivity contribution in [2.45, 2.75) is 49.6 Å². The number of aromatic hydroxyl groups is 2. The van der Waals surface area contributed by atoms with Gasteiger partial charge in [0.1, 0.15) is 30.2 Å². The number of carbonyl (C=O) groups excluding carboxylic acids is 2. The number of hydrogen-bond donors (Lipinski definition) is 5. The number of carbonyl (C=O) groups is 3. The Morgan fingerprint density at radius 1 is 1.21 bits per heavy atom. The molecule has 1 aromatic carbocycles. The fourth-order valence-corrected chi connectivity index (χ4v) is 4.60. The quantitative estimate of drug-likeness (QED) is 0.448. The van der Waals surface area contributed by atoms with E-state index in [2.05, 4.69) is 10.6 Å². The zero-order chi connectivity index (χ0) is 21.0. The minimum Gasteiger partial charge on any atom is -0.508 e. The van der Waals surface area contributed by atoms with Crippen molar-refractivity contribution in [2.75, 3.05) is 12.4 Å². The van der Waals surface area contributed by atoms with Crippen LogP contribution in [-0.4, -0.2) is 63.7 Å². The summed E-state index contributed by atoms with van der Waals surface area (Å²) in [6.07, 6.45) is 3.85. The Hall–Kier alpha value is -2.46. The van der Waals surface area contributed by atoms with Crippen molar-refractivity contribution < 1.29 is 34.4 Å². The van der Waals surface area contributed by atoms with Gasteiger partial charge in [-0.1, -0.05) is 12.8 Å². The van der Waals surface area contributed by atoms with Crippen molar-refractivity contribution in [3.8, 4) is 11.5 Å². The van der Waals surface area contributed by atoms with Gasteiger partial charge in [-0.15, -0.1) is 0 Å². The van der Waals surface area contributed by atoms with Crippen LogP contribution in [-0.2, 0) is 20.1 Å². The largest absolute Gasteiger partial charge is 0.508 e. The highest BCUT2D eigenvalue weighted by molar-refractivity contribution is 7.98. The molecule has 3 rings (SSSR count). The Balaban J connectivity index is 1.88. The summed E-state index contributed by atoms with van der Waals surface area (Å²) < 4.78 is 5.30. The lowest BCUT2D eigenvalue weighted by Crippen LogP contribution is -2.55. The highest BCUT2D eigenvalue weighted by Crippen LogP contribution is 2.31. The molecule has 0 unspecified atom stereocenters. The van der Waals surface area contributed by atoms with Gasteiger partial charge in [-0.3, -0.25) is 4.79 Å². The van der Waals surface area contributed by atoms with Gasteiger partial charge in [0.05, 0.1) is 5.56 Å². The van der Waals surface area contributed by atoms with Crippen molar-refractivity contribution in [3.05, 3.63) is 23.3 Å². The summed E-state index contributed by atoms with van der Waals surface area (Å²) in [7, 11) is 0. The molecule has 2 aliphatic rings. The van der Waals surface area contributed by atoms with Crippen LogP contribution in [0.2, 0.25) is 0 Å². The van der Waals surface area contributed by atoms with Crippen LogP contribution >= 0.6 is 11.8 Å². The molecule has 0 saturated heterocycles. The Bertz CT molecular complexity index is 795. The molecular formula is C19H24N2O7S. The predicted molar refractivity (Wildman–Crippen MR) is 105 cm³/mol. The number of esters is 1.